The van der Waals surface area contributed by atoms with E-state index in [0.717, 1.165) is 0 Å². The van der Waals surface area contributed by atoms with Crippen LogP contribution in [0.25, 0.3) is 0 Å². The first-order valence-corrected chi connectivity index (χ1v) is 4.20. The Morgan fingerprint density at radius 2 is 2.00 bits per heavy atom. The van der Waals surface area contributed by atoms with Crippen LogP contribution in [0.2, 0.25) is 0 Å². The second kappa shape index (κ2) is 5.22. The Morgan fingerprint density at radius 1 is 1.43 bits per heavy atom. The third-order valence-electron chi connectivity index (χ3n) is 1.52. The maximum absolute atomic E-state index is 11.2. The van der Waals surface area contributed by atoms with Gasteiger partial charge in [0.1, 0.15) is 5.54 Å². The highest BCUT2D eigenvalue weighted by atomic mass is 16.5. The Morgan fingerprint density at radius 3 is 2.43 bits per heavy atom. The van der Waals surface area contributed by atoms with E-state index >= 15 is 0 Å². The summed E-state index contributed by atoms with van der Waals surface area (Å²) in [6.45, 7) is 3.17. The average molecular weight is 198 g/mol. The molecule has 0 fully saturated rings. The highest BCUT2D eigenvalue weighted by Crippen LogP contribution is 2.01. The number of esters is 1. The van der Waals surface area contributed by atoms with Crippen LogP contribution in [0.4, 0.5) is 0 Å². The Kier molecular flexibility index (Phi) is 4.64. The van der Waals surface area contributed by atoms with Crippen LogP contribution in [0.15, 0.2) is 0 Å². The van der Waals surface area contributed by atoms with Gasteiger partial charge in [0.15, 0.2) is 0 Å². The predicted molar refractivity (Wildman–Crippen MR) is 49.1 cm³/mol. The summed E-state index contributed by atoms with van der Waals surface area (Å²) in [7, 11) is 1.26. The molecule has 78 valence electrons. The molecule has 5 heteroatoms. The van der Waals surface area contributed by atoms with E-state index in [1.165, 1.54) is 7.11 Å². The first-order chi connectivity index (χ1) is 6.41. The van der Waals surface area contributed by atoms with E-state index in [4.69, 9.17) is 5.26 Å². The van der Waals surface area contributed by atoms with E-state index in [1.54, 1.807) is 13.8 Å². The summed E-state index contributed by atoms with van der Waals surface area (Å²) in [6.07, 6.45) is 0.0711. The quantitative estimate of drug-likeness (QED) is 0.661. The molecule has 0 atom stereocenters. The smallest absolute Gasteiger partial charge is 0.306 e. The molecular weight excluding hydrogens is 184 g/mol. The number of nitrogens with zero attached hydrogens (tertiary/aromatic N) is 1. The fourth-order valence-electron chi connectivity index (χ4n) is 0.757. The van der Waals surface area contributed by atoms with Gasteiger partial charge in [-0.2, -0.15) is 5.26 Å². The molecule has 0 rings (SSSR count). The maximum atomic E-state index is 11.2. The van der Waals surface area contributed by atoms with Crippen molar-refractivity contribution in [2.24, 2.45) is 0 Å². The maximum Gasteiger partial charge on any atom is 0.306 e. The van der Waals surface area contributed by atoms with Gasteiger partial charge in [0, 0.05) is 6.42 Å². The van der Waals surface area contributed by atoms with Crippen LogP contribution >= 0.6 is 0 Å². The second-order valence-corrected chi connectivity index (χ2v) is 3.36. The molecule has 0 aliphatic heterocycles. The number of methoxy groups -OCH3 is 1. The normalized spacial score (nSPS) is 10.1. The lowest BCUT2D eigenvalue weighted by atomic mass is 10.1. The van der Waals surface area contributed by atoms with Gasteiger partial charge >= 0.3 is 5.97 Å². The predicted octanol–water partition coefficient (Wildman–Crippen LogP) is 0.358. The van der Waals surface area contributed by atoms with Gasteiger partial charge < -0.3 is 10.1 Å². The van der Waals surface area contributed by atoms with Crippen LogP contribution in [0, 0.1) is 11.3 Å². The molecule has 5 nitrogen and oxygen atoms in total. The molecule has 0 spiro atoms. The third kappa shape index (κ3) is 5.14. The summed E-state index contributed by atoms with van der Waals surface area (Å²) in [5, 5.41) is 11.1. The van der Waals surface area contributed by atoms with Crippen LogP contribution in [-0.4, -0.2) is 24.5 Å². The number of nitriles is 1. The molecule has 0 aromatic rings. The molecule has 0 heterocycles. The number of hydrogen-bond acceptors (Lipinski definition) is 4. The van der Waals surface area contributed by atoms with E-state index in [9.17, 15) is 9.59 Å². The van der Waals surface area contributed by atoms with Crippen molar-refractivity contribution in [1.82, 2.24) is 5.32 Å². The molecular formula is C9H14N2O3. The number of amides is 1. The van der Waals surface area contributed by atoms with E-state index in [2.05, 4.69) is 10.1 Å². The number of rotatable bonds is 4. The van der Waals surface area contributed by atoms with Crippen molar-refractivity contribution in [2.75, 3.05) is 7.11 Å². The van der Waals surface area contributed by atoms with E-state index in [-0.39, 0.29) is 18.7 Å². The van der Waals surface area contributed by atoms with Crippen molar-refractivity contribution in [2.45, 2.75) is 32.2 Å². The molecule has 0 radical (unpaired) electrons. The van der Waals surface area contributed by atoms with Crippen LogP contribution in [0.5, 0.6) is 0 Å². The van der Waals surface area contributed by atoms with Crippen LogP contribution in [0.3, 0.4) is 0 Å². The molecule has 0 aromatic heterocycles. The van der Waals surface area contributed by atoms with Gasteiger partial charge in [-0.25, -0.2) is 0 Å². The van der Waals surface area contributed by atoms with Gasteiger partial charge in [0.05, 0.1) is 19.6 Å². The van der Waals surface area contributed by atoms with E-state index < -0.39 is 11.5 Å². The summed E-state index contributed by atoms with van der Waals surface area (Å²) in [4.78, 5) is 21.9. The van der Waals surface area contributed by atoms with Gasteiger partial charge in [-0.3, -0.25) is 9.59 Å². The van der Waals surface area contributed by atoms with E-state index in [0.29, 0.717) is 0 Å². The highest BCUT2D eigenvalue weighted by molar-refractivity contribution is 5.81. The molecule has 1 amide bonds. The lowest BCUT2D eigenvalue weighted by molar-refractivity contribution is -0.142. The van der Waals surface area contributed by atoms with Gasteiger partial charge in [0.25, 0.3) is 0 Å². The Balaban J connectivity index is 3.90. The van der Waals surface area contributed by atoms with Crippen LogP contribution < -0.4 is 5.32 Å². The summed E-state index contributed by atoms with van der Waals surface area (Å²) in [6, 6.07) is 1.93. The molecule has 14 heavy (non-hydrogen) atoms. The van der Waals surface area contributed by atoms with Crippen molar-refractivity contribution < 1.29 is 14.3 Å². The summed E-state index contributed by atoms with van der Waals surface area (Å²) in [5.74, 6) is -0.767. The van der Waals surface area contributed by atoms with E-state index in [1.807, 2.05) is 6.07 Å². The Labute approximate surface area is 83.0 Å². The molecule has 0 aromatic carbocycles. The van der Waals surface area contributed by atoms with Gasteiger partial charge in [-0.15, -0.1) is 0 Å². The molecule has 0 saturated carbocycles. The van der Waals surface area contributed by atoms with Crippen molar-refractivity contribution in [3.05, 3.63) is 0 Å². The lowest BCUT2D eigenvalue weighted by Gasteiger charge is -2.16. The largest absolute Gasteiger partial charge is 0.469 e. The molecule has 0 aliphatic carbocycles. The van der Waals surface area contributed by atoms with Crippen molar-refractivity contribution in [3.8, 4) is 6.07 Å². The first-order valence-electron chi connectivity index (χ1n) is 4.20. The average Bonchev–Trinajstić information content (AvgIpc) is 2.13. The molecule has 0 aliphatic rings. The number of hydrogen-bond donors (Lipinski definition) is 1. The highest BCUT2D eigenvalue weighted by Gasteiger charge is 2.19. The first kappa shape index (κ1) is 12.4. The van der Waals surface area contributed by atoms with Crippen molar-refractivity contribution in [1.29, 1.82) is 5.26 Å². The number of nitrogens with one attached hydrogen (secondary N) is 1. The summed E-state index contributed by atoms with van der Waals surface area (Å²) < 4.78 is 4.37. The Hall–Kier alpha value is -1.57. The van der Waals surface area contributed by atoms with Gasteiger partial charge in [0.2, 0.25) is 5.91 Å². The van der Waals surface area contributed by atoms with Crippen LogP contribution in [-0.2, 0) is 14.3 Å². The van der Waals surface area contributed by atoms with Gasteiger partial charge in [-0.05, 0) is 13.8 Å². The molecule has 0 bridgehead atoms. The van der Waals surface area contributed by atoms with Crippen molar-refractivity contribution in [3.63, 3.8) is 0 Å². The summed E-state index contributed by atoms with van der Waals surface area (Å²) >= 11 is 0. The SMILES string of the molecule is COC(=O)CCC(=O)NC(C)(C)C#N. The zero-order chi connectivity index (χ0) is 11.2. The molecule has 1 N–H and O–H groups in total. The zero-order valence-corrected chi connectivity index (χ0v) is 8.59. The minimum absolute atomic E-state index is 0.0316. The minimum atomic E-state index is -0.896. The van der Waals surface area contributed by atoms with Gasteiger partial charge in [-0.1, -0.05) is 0 Å². The molecule has 0 unspecified atom stereocenters. The fraction of sp³-hybridized carbons (Fsp3) is 0.667. The zero-order valence-electron chi connectivity index (χ0n) is 8.59. The Bertz CT molecular complexity index is 266. The monoisotopic (exact) mass is 198 g/mol. The lowest BCUT2D eigenvalue weighted by Crippen LogP contribution is -2.42. The standard InChI is InChI=1S/C9H14N2O3/c1-9(2,6-10)11-7(12)4-5-8(13)14-3/h4-5H2,1-3H3,(H,11,12). The number of ether oxygens (including phenoxy) is 1. The molecule has 0 saturated heterocycles. The second-order valence-electron chi connectivity index (χ2n) is 3.36. The summed E-state index contributed by atoms with van der Waals surface area (Å²) in [5.41, 5.74) is -0.896. The minimum Gasteiger partial charge on any atom is -0.469 e. The van der Waals surface area contributed by atoms with Crippen LogP contribution in [0.1, 0.15) is 26.7 Å². The number of carbonyl (C=O) groups is 2. The fourth-order valence-corrected chi connectivity index (χ4v) is 0.757. The topological polar surface area (TPSA) is 79.2 Å². The third-order valence-corrected chi connectivity index (χ3v) is 1.52. The van der Waals surface area contributed by atoms with Crippen molar-refractivity contribution >= 4 is 11.9 Å². The number of carbonyl (C=O) groups excluding carboxylic acids is 2.